The number of rotatable bonds is 2. The molecule has 0 radical (unpaired) electrons. The van der Waals surface area contributed by atoms with E-state index in [-0.39, 0.29) is 0 Å². The summed E-state index contributed by atoms with van der Waals surface area (Å²) in [6, 6.07) is 6.69. The summed E-state index contributed by atoms with van der Waals surface area (Å²) in [6.07, 6.45) is 4.28. The van der Waals surface area contributed by atoms with Crippen LogP contribution < -0.4 is 4.90 Å². The first kappa shape index (κ1) is 15.6. The average Bonchev–Trinajstić information content (AvgIpc) is 2.99. The van der Waals surface area contributed by atoms with Crippen molar-refractivity contribution in [3.63, 3.8) is 0 Å². The van der Waals surface area contributed by atoms with Gasteiger partial charge in [0.1, 0.15) is 17.0 Å². The van der Waals surface area contributed by atoms with E-state index in [1.165, 1.54) is 40.5 Å². The molecule has 4 rings (SSSR count). The third-order valence-corrected chi connectivity index (χ3v) is 5.87. The van der Waals surface area contributed by atoms with Crippen molar-refractivity contribution in [1.82, 2.24) is 9.97 Å². The first-order valence-electron chi connectivity index (χ1n) is 8.68. The lowest BCUT2D eigenvalue weighted by atomic mass is 9.97. The van der Waals surface area contributed by atoms with Gasteiger partial charge >= 0.3 is 0 Å². The first-order chi connectivity index (χ1) is 11.6. The number of piperidine rings is 1. The molecule has 2 aromatic heterocycles. The second-order valence-electron chi connectivity index (χ2n) is 7.04. The molecule has 1 aliphatic rings. The highest BCUT2D eigenvalue weighted by molar-refractivity contribution is 7.17. The lowest BCUT2D eigenvalue weighted by Gasteiger charge is -2.32. The maximum Gasteiger partial charge on any atom is 0.141 e. The standard InChI is InChI=1S/C20H23N3S/c1-13-6-7-16(15(3)9-13)17-11-24-20-18(17)19(21-12-22-20)23-8-4-5-14(2)10-23/h6-7,9,11-12,14H,4-5,8,10H2,1-3H3. The van der Waals surface area contributed by atoms with Crippen molar-refractivity contribution < 1.29 is 0 Å². The molecule has 1 aliphatic heterocycles. The van der Waals surface area contributed by atoms with E-state index in [9.17, 15) is 0 Å². The Morgan fingerprint density at radius 1 is 1.17 bits per heavy atom. The van der Waals surface area contributed by atoms with E-state index in [2.05, 4.69) is 54.2 Å². The van der Waals surface area contributed by atoms with Crippen LogP contribution in [0.1, 0.15) is 30.9 Å². The van der Waals surface area contributed by atoms with Crippen molar-refractivity contribution in [2.24, 2.45) is 5.92 Å². The van der Waals surface area contributed by atoms with Gasteiger partial charge in [0.25, 0.3) is 0 Å². The molecule has 1 atom stereocenters. The summed E-state index contributed by atoms with van der Waals surface area (Å²) in [5.41, 5.74) is 5.20. The molecule has 0 saturated carbocycles. The van der Waals surface area contributed by atoms with Crippen LogP contribution >= 0.6 is 11.3 Å². The monoisotopic (exact) mass is 337 g/mol. The number of aromatic nitrogens is 2. The summed E-state index contributed by atoms with van der Waals surface area (Å²) in [6.45, 7) is 8.86. The lowest BCUT2D eigenvalue weighted by molar-refractivity contribution is 0.445. The highest BCUT2D eigenvalue weighted by atomic mass is 32.1. The lowest BCUT2D eigenvalue weighted by Crippen LogP contribution is -2.34. The van der Waals surface area contributed by atoms with Crippen molar-refractivity contribution in [3.8, 4) is 11.1 Å². The van der Waals surface area contributed by atoms with E-state index >= 15 is 0 Å². The molecule has 0 bridgehead atoms. The van der Waals surface area contributed by atoms with Gasteiger partial charge in [-0.25, -0.2) is 9.97 Å². The zero-order valence-corrected chi connectivity index (χ0v) is 15.4. The second kappa shape index (κ2) is 6.17. The molecule has 1 fully saturated rings. The molecule has 124 valence electrons. The fourth-order valence-electron chi connectivity index (χ4n) is 3.79. The van der Waals surface area contributed by atoms with Crippen molar-refractivity contribution in [3.05, 3.63) is 41.0 Å². The van der Waals surface area contributed by atoms with Crippen LogP contribution in [0.15, 0.2) is 29.9 Å². The zero-order valence-electron chi connectivity index (χ0n) is 14.5. The molecule has 24 heavy (non-hydrogen) atoms. The Labute approximate surface area is 147 Å². The average molecular weight is 337 g/mol. The molecule has 3 aromatic rings. The molecule has 4 heteroatoms. The molecular weight excluding hydrogens is 314 g/mol. The van der Waals surface area contributed by atoms with Crippen molar-refractivity contribution in [2.45, 2.75) is 33.6 Å². The largest absolute Gasteiger partial charge is 0.356 e. The Bertz CT molecular complexity index is 884. The minimum Gasteiger partial charge on any atom is -0.356 e. The summed E-state index contributed by atoms with van der Waals surface area (Å²) >= 11 is 1.72. The van der Waals surface area contributed by atoms with E-state index in [1.807, 2.05) is 0 Å². The van der Waals surface area contributed by atoms with Crippen LogP contribution in [0.4, 0.5) is 5.82 Å². The Morgan fingerprint density at radius 3 is 2.83 bits per heavy atom. The molecule has 3 nitrogen and oxygen atoms in total. The van der Waals surface area contributed by atoms with Crippen LogP contribution in [0.3, 0.4) is 0 Å². The second-order valence-corrected chi connectivity index (χ2v) is 7.90. The van der Waals surface area contributed by atoms with Gasteiger partial charge in [-0.05, 0) is 43.7 Å². The first-order valence-corrected chi connectivity index (χ1v) is 9.56. The SMILES string of the molecule is Cc1ccc(-c2csc3ncnc(N4CCCC(C)C4)c23)c(C)c1. The smallest absolute Gasteiger partial charge is 0.141 e. The van der Waals surface area contributed by atoms with Gasteiger partial charge in [0.2, 0.25) is 0 Å². The van der Waals surface area contributed by atoms with Crippen LogP contribution in [-0.4, -0.2) is 23.1 Å². The summed E-state index contributed by atoms with van der Waals surface area (Å²) in [7, 11) is 0. The van der Waals surface area contributed by atoms with E-state index in [4.69, 9.17) is 4.98 Å². The predicted molar refractivity (Wildman–Crippen MR) is 103 cm³/mol. The minimum absolute atomic E-state index is 0.729. The Balaban J connectivity index is 1.88. The third kappa shape index (κ3) is 2.69. The maximum absolute atomic E-state index is 4.69. The number of anilines is 1. The Kier molecular flexibility index (Phi) is 4.01. The number of fused-ring (bicyclic) bond motifs is 1. The van der Waals surface area contributed by atoms with Gasteiger partial charge in [0.15, 0.2) is 0 Å². The summed E-state index contributed by atoms with van der Waals surface area (Å²) in [5, 5.41) is 3.47. The van der Waals surface area contributed by atoms with Crippen LogP contribution in [0.5, 0.6) is 0 Å². The van der Waals surface area contributed by atoms with Crippen LogP contribution in [0, 0.1) is 19.8 Å². The Hall–Kier alpha value is -1.94. The topological polar surface area (TPSA) is 29.0 Å². The van der Waals surface area contributed by atoms with Crippen LogP contribution in [-0.2, 0) is 0 Å². The van der Waals surface area contributed by atoms with E-state index in [0.717, 1.165) is 29.7 Å². The number of aryl methyl sites for hydroxylation is 2. The van der Waals surface area contributed by atoms with Gasteiger partial charge in [0, 0.05) is 24.0 Å². The fourth-order valence-corrected chi connectivity index (χ4v) is 4.70. The highest BCUT2D eigenvalue weighted by Crippen LogP contribution is 2.40. The molecule has 0 amide bonds. The quantitative estimate of drug-likeness (QED) is 0.642. The summed E-state index contributed by atoms with van der Waals surface area (Å²) < 4.78 is 0. The van der Waals surface area contributed by atoms with Gasteiger partial charge in [0.05, 0.1) is 5.39 Å². The molecule has 0 aliphatic carbocycles. The minimum atomic E-state index is 0.729. The molecule has 1 aromatic carbocycles. The fraction of sp³-hybridized carbons (Fsp3) is 0.400. The number of hydrogen-bond acceptors (Lipinski definition) is 4. The van der Waals surface area contributed by atoms with Crippen LogP contribution in [0.25, 0.3) is 21.3 Å². The summed E-state index contributed by atoms with van der Waals surface area (Å²) in [4.78, 5) is 12.8. The zero-order chi connectivity index (χ0) is 16.7. The van der Waals surface area contributed by atoms with Gasteiger partial charge in [-0.1, -0.05) is 30.7 Å². The number of thiophene rings is 1. The van der Waals surface area contributed by atoms with Gasteiger partial charge < -0.3 is 4.90 Å². The van der Waals surface area contributed by atoms with Gasteiger partial charge in [-0.15, -0.1) is 11.3 Å². The molecular formula is C20H23N3S. The van der Waals surface area contributed by atoms with Crippen molar-refractivity contribution >= 4 is 27.4 Å². The van der Waals surface area contributed by atoms with Crippen molar-refractivity contribution in [2.75, 3.05) is 18.0 Å². The van der Waals surface area contributed by atoms with E-state index in [0.29, 0.717) is 0 Å². The maximum atomic E-state index is 4.69. The number of nitrogens with zero attached hydrogens (tertiary/aromatic N) is 3. The molecule has 1 saturated heterocycles. The summed E-state index contributed by atoms with van der Waals surface area (Å²) in [5.74, 6) is 1.84. The highest BCUT2D eigenvalue weighted by Gasteiger charge is 2.22. The molecule has 0 spiro atoms. The predicted octanol–water partition coefficient (Wildman–Crippen LogP) is 5.21. The van der Waals surface area contributed by atoms with Gasteiger partial charge in [-0.2, -0.15) is 0 Å². The Morgan fingerprint density at radius 2 is 2.04 bits per heavy atom. The van der Waals surface area contributed by atoms with Gasteiger partial charge in [-0.3, -0.25) is 0 Å². The van der Waals surface area contributed by atoms with E-state index in [1.54, 1.807) is 17.7 Å². The van der Waals surface area contributed by atoms with E-state index < -0.39 is 0 Å². The normalized spacial score (nSPS) is 18.3. The number of benzene rings is 1. The van der Waals surface area contributed by atoms with Crippen molar-refractivity contribution in [1.29, 1.82) is 0 Å². The molecule has 1 unspecified atom stereocenters. The molecule has 3 heterocycles. The number of hydrogen-bond donors (Lipinski definition) is 0. The third-order valence-electron chi connectivity index (χ3n) is 4.98. The molecule has 0 N–H and O–H groups in total. The van der Waals surface area contributed by atoms with Crippen LogP contribution in [0.2, 0.25) is 0 Å².